The summed E-state index contributed by atoms with van der Waals surface area (Å²) in [6, 6.07) is 4.03. The second kappa shape index (κ2) is 5.96. The van der Waals surface area contributed by atoms with Crippen LogP contribution in [-0.4, -0.2) is 39.7 Å². The van der Waals surface area contributed by atoms with E-state index in [4.69, 9.17) is 0 Å². The summed E-state index contributed by atoms with van der Waals surface area (Å²) in [6.45, 7) is 2.20. The molecule has 0 saturated carbocycles. The van der Waals surface area contributed by atoms with Crippen LogP contribution in [0.2, 0.25) is 0 Å². The van der Waals surface area contributed by atoms with E-state index in [-0.39, 0.29) is 5.91 Å². The van der Waals surface area contributed by atoms with Crippen LogP contribution in [0.5, 0.6) is 0 Å². The predicted octanol–water partition coefficient (Wildman–Crippen LogP) is 2.45. The van der Waals surface area contributed by atoms with Crippen LogP contribution in [-0.2, 0) is 15.3 Å². The van der Waals surface area contributed by atoms with E-state index in [1.165, 1.54) is 9.78 Å². The Morgan fingerprint density at radius 3 is 3.00 bits per heavy atom. The molecule has 1 aromatic rings. The van der Waals surface area contributed by atoms with Crippen molar-refractivity contribution in [3.8, 4) is 0 Å². The van der Waals surface area contributed by atoms with Gasteiger partial charge in [0, 0.05) is 17.2 Å². The number of carboxylic acids is 1. The van der Waals surface area contributed by atoms with Crippen LogP contribution in [0.4, 0.5) is 0 Å². The van der Waals surface area contributed by atoms with Gasteiger partial charge in [0.05, 0.1) is 5.75 Å². The molecule has 0 aromatic carbocycles. The van der Waals surface area contributed by atoms with Crippen LogP contribution in [0.15, 0.2) is 17.5 Å². The number of aliphatic carboxylic acids is 1. The first-order valence-corrected chi connectivity index (χ1v) is 8.21. The van der Waals surface area contributed by atoms with Crippen molar-refractivity contribution in [2.75, 3.05) is 12.3 Å². The monoisotopic (exact) mass is 299 g/mol. The molecule has 1 unspecified atom stereocenters. The second-order valence-corrected chi connectivity index (χ2v) is 6.82. The minimum atomic E-state index is -1.01. The molecule has 1 N–H and O–H groups in total. The molecule has 6 heteroatoms. The maximum Gasteiger partial charge on any atom is 0.329 e. The highest BCUT2D eigenvalue weighted by Gasteiger charge is 2.45. The van der Waals surface area contributed by atoms with Crippen molar-refractivity contribution in [3.05, 3.63) is 22.4 Å². The average molecular weight is 299 g/mol. The number of hydrogen-bond acceptors (Lipinski definition) is 4. The van der Waals surface area contributed by atoms with Crippen LogP contribution < -0.4 is 0 Å². The summed E-state index contributed by atoms with van der Waals surface area (Å²) in [5, 5.41) is 11.3. The van der Waals surface area contributed by atoms with Gasteiger partial charge in [0.2, 0.25) is 5.91 Å². The summed E-state index contributed by atoms with van der Waals surface area (Å²) < 4.78 is 0. The van der Waals surface area contributed by atoms with Gasteiger partial charge in [-0.3, -0.25) is 4.79 Å². The molecule has 1 saturated heterocycles. The van der Waals surface area contributed by atoms with Gasteiger partial charge in [-0.25, -0.2) is 4.79 Å². The number of carbonyl (C=O) groups excluding carboxylic acids is 1. The summed E-state index contributed by atoms with van der Waals surface area (Å²) in [6.07, 6.45) is 1.31. The summed E-state index contributed by atoms with van der Waals surface area (Å²) >= 11 is 3.22. The number of carbonyl (C=O) groups is 2. The Morgan fingerprint density at radius 1 is 1.58 bits per heavy atom. The first-order valence-electron chi connectivity index (χ1n) is 6.18. The highest BCUT2D eigenvalue weighted by molar-refractivity contribution is 7.99. The van der Waals surface area contributed by atoms with Gasteiger partial charge in [-0.15, -0.1) is 23.1 Å². The normalized spacial score (nSPS) is 22.7. The molecule has 1 atom stereocenters. The Hall–Kier alpha value is -1.01. The van der Waals surface area contributed by atoms with Crippen LogP contribution in [0.3, 0.4) is 0 Å². The van der Waals surface area contributed by atoms with Crippen molar-refractivity contribution in [1.82, 2.24) is 4.90 Å². The lowest BCUT2D eigenvalue weighted by Crippen LogP contribution is -2.51. The van der Waals surface area contributed by atoms with Crippen molar-refractivity contribution < 1.29 is 14.7 Å². The van der Waals surface area contributed by atoms with E-state index in [0.29, 0.717) is 18.7 Å². The molecule has 4 nitrogen and oxygen atoms in total. The fraction of sp³-hybridized carbons (Fsp3) is 0.538. The number of carboxylic acid groups (broad SMARTS) is 1. The third-order valence-corrected chi connectivity index (χ3v) is 5.48. The highest BCUT2D eigenvalue weighted by Crippen LogP contribution is 2.30. The minimum absolute atomic E-state index is 0.0658. The molecule has 1 aliphatic heterocycles. The summed E-state index contributed by atoms with van der Waals surface area (Å²) in [5.74, 6) is 0.187. The first-order chi connectivity index (χ1) is 9.04. The zero-order valence-electron chi connectivity index (χ0n) is 10.8. The van der Waals surface area contributed by atoms with Gasteiger partial charge in [0.1, 0.15) is 5.54 Å². The zero-order chi connectivity index (χ0) is 13.9. The molecule has 0 aliphatic carbocycles. The van der Waals surface area contributed by atoms with Gasteiger partial charge in [-0.2, -0.15) is 0 Å². The Morgan fingerprint density at radius 2 is 2.37 bits per heavy atom. The standard InChI is InChI=1S/C13H17NO3S2/c1-13(12(16)17)5-3-6-14(13)11(15)9-18-8-10-4-2-7-19-10/h2,4,7H,3,5-6,8-9H2,1H3,(H,16,17). The van der Waals surface area contributed by atoms with Gasteiger partial charge in [-0.05, 0) is 31.2 Å². The summed E-state index contributed by atoms with van der Waals surface area (Å²) in [5.41, 5.74) is -1.01. The van der Waals surface area contributed by atoms with Crippen molar-refractivity contribution in [3.63, 3.8) is 0 Å². The van der Waals surface area contributed by atoms with E-state index in [1.54, 1.807) is 30.0 Å². The molecule has 0 spiro atoms. The van der Waals surface area contributed by atoms with E-state index in [2.05, 4.69) is 0 Å². The van der Waals surface area contributed by atoms with E-state index >= 15 is 0 Å². The van der Waals surface area contributed by atoms with Crippen LogP contribution >= 0.6 is 23.1 Å². The van der Waals surface area contributed by atoms with Gasteiger partial charge in [0.15, 0.2) is 0 Å². The fourth-order valence-electron chi connectivity index (χ4n) is 2.30. The molecule has 1 aliphatic rings. The third-order valence-electron chi connectivity index (χ3n) is 3.45. The van der Waals surface area contributed by atoms with Gasteiger partial charge in [-0.1, -0.05) is 6.07 Å². The zero-order valence-corrected chi connectivity index (χ0v) is 12.4. The van der Waals surface area contributed by atoms with Crippen LogP contribution in [0.25, 0.3) is 0 Å². The molecule has 1 aromatic heterocycles. The lowest BCUT2D eigenvalue weighted by Gasteiger charge is -2.31. The van der Waals surface area contributed by atoms with Gasteiger partial charge >= 0.3 is 5.97 Å². The number of nitrogens with zero attached hydrogens (tertiary/aromatic N) is 1. The lowest BCUT2D eigenvalue weighted by molar-refractivity contribution is -0.154. The third kappa shape index (κ3) is 3.12. The summed E-state index contributed by atoms with van der Waals surface area (Å²) in [4.78, 5) is 26.2. The highest BCUT2D eigenvalue weighted by atomic mass is 32.2. The maximum atomic E-state index is 12.1. The number of amides is 1. The van der Waals surface area contributed by atoms with E-state index in [0.717, 1.165) is 12.2 Å². The quantitative estimate of drug-likeness (QED) is 0.907. The second-order valence-electron chi connectivity index (χ2n) is 4.80. The molecular weight excluding hydrogens is 282 g/mol. The molecule has 1 amide bonds. The molecule has 19 heavy (non-hydrogen) atoms. The average Bonchev–Trinajstić information content (AvgIpc) is 2.99. The van der Waals surface area contributed by atoms with Crippen LogP contribution in [0.1, 0.15) is 24.6 Å². The van der Waals surface area contributed by atoms with Gasteiger partial charge in [0.25, 0.3) is 0 Å². The maximum absolute atomic E-state index is 12.1. The Kier molecular flexibility index (Phi) is 4.52. The van der Waals surface area contributed by atoms with Crippen molar-refractivity contribution in [2.24, 2.45) is 0 Å². The smallest absolute Gasteiger partial charge is 0.329 e. The number of thioether (sulfide) groups is 1. The molecule has 2 rings (SSSR count). The van der Waals surface area contributed by atoms with Crippen molar-refractivity contribution in [2.45, 2.75) is 31.1 Å². The van der Waals surface area contributed by atoms with Gasteiger partial charge < -0.3 is 10.0 Å². The number of hydrogen-bond donors (Lipinski definition) is 1. The molecule has 1 fully saturated rings. The number of rotatable bonds is 5. The first kappa shape index (κ1) is 14.4. The van der Waals surface area contributed by atoms with Crippen molar-refractivity contribution in [1.29, 1.82) is 0 Å². The molecular formula is C13H17NO3S2. The van der Waals surface area contributed by atoms with Crippen LogP contribution in [0, 0.1) is 0 Å². The van der Waals surface area contributed by atoms with E-state index in [1.807, 2.05) is 17.5 Å². The molecule has 0 bridgehead atoms. The summed E-state index contributed by atoms with van der Waals surface area (Å²) in [7, 11) is 0. The Bertz CT molecular complexity index is 460. The largest absolute Gasteiger partial charge is 0.480 e. The molecule has 2 heterocycles. The molecule has 0 radical (unpaired) electrons. The number of thiophene rings is 1. The lowest BCUT2D eigenvalue weighted by atomic mass is 9.99. The number of likely N-dealkylation sites (tertiary alicyclic amines) is 1. The minimum Gasteiger partial charge on any atom is -0.480 e. The topological polar surface area (TPSA) is 57.6 Å². The Labute approximate surface area is 120 Å². The SMILES string of the molecule is CC1(C(=O)O)CCCN1C(=O)CSCc1cccs1. The molecule has 104 valence electrons. The Balaban J connectivity index is 1.87. The van der Waals surface area contributed by atoms with Crippen molar-refractivity contribution >= 4 is 35.0 Å². The van der Waals surface area contributed by atoms with E-state index in [9.17, 15) is 14.7 Å². The van der Waals surface area contributed by atoms with E-state index < -0.39 is 11.5 Å². The fourth-order valence-corrected chi connectivity index (χ4v) is 4.04. The predicted molar refractivity (Wildman–Crippen MR) is 77.5 cm³/mol.